The van der Waals surface area contributed by atoms with Crippen molar-refractivity contribution < 1.29 is 0 Å². The Labute approximate surface area is 83.9 Å². The number of hydrogen-bond acceptors (Lipinski definition) is 4. The summed E-state index contributed by atoms with van der Waals surface area (Å²) in [5.41, 5.74) is 6.66. The number of rotatable bonds is 2. The topological polar surface area (TPSA) is 63.8 Å². The highest BCUT2D eigenvalue weighted by molar-refractivity contribution is 5.54. The van der Waals surface area contributed by atoms with Gasteiger partial charge in [0.25, 0.3) is 0 Å². The first kappa shape index (κ1) is 9.24. The Kier molecular flexibility index (Phi) is 2.52. The minimum Gasteiger partial charge on any atom is -0.383 e. The summed E-state index contributed by atoms with van der Waals surface area (Å²) in [6, 6.07) is 0.572. The summed E-state index contributed by atoms with van der Waals surface area (Å²) in [5.74, 6) is 1.46. The maximum absolute atomic E-state index is 5.70. The third-order valence-corrected chi connectivity index (χ3v) is 2.82. The predicted molar refractivity (Wildman–Crippen MR) is 57.1 cm³/mol. The quantitative estimate of drug-likeness (QED) is 0.749. The number of nitrogens with two attached hydrogens (primary N) is 1. The fourth-order valence-corrected chi connectivity index (χ4v) is 1.87. The van der Waals surface area contributed by atoms with Crippen molar-refractivity contribution in [1.29, 1.82) is 0 Å². The molecule has 1 aromatic rings. The summed E-state index contributed by atoms with van der Waals surface area (Å²) >= 11 is 0. The molecule has 0 spiro atoms. The molecule has 76 valence electrons. The van der Waals surface area contributed by atoms with E-state index < -0.39 is 0 Å². The lowest BCUT2D eigenvalue weighted by Gasteiger charge is -2.14. The Hall–Kier alpha value is -1.32. The molecule has 0 radical (unpaired) electrons. The van der Waals surface area contributed by atoms with Gasteiger partial charge in [0.1, 0.15) is 18.0 Å². The second kappa shape index (κ2) is 3.82. The summed E-state index contributed by atoms with van der Waals surface area (Å²) in [7, 11) is 0. The van der Waals surface area contributed by atoms with Crippen molar-refractivity contribution in [3.63, 3.8) is 0 Å². The largest absolute Gasteiger partial charge is 0.383 e. The molecular formula is C10H16N4. The molecule has 0 aromatic carbocycles. The first-order valence-electron chi connectivity index (χ1n) is 5.11. The molecule has 0 atom stereocenters. The van der Waals surface area contributed by atoms with Crippen molar-refractivity contribution in [2.75, 3.05) is 11.1 Å². The van der Waals surface area contributed by atoms with Crippen LogP contribution in [0.15, 0.2) is 6.33 Å². The lowest BCUT2D eigenvalue weighted by atomic mass is 10.2. The molecule has 1 aliphatic carbocycles. The minimum absolute atomic E-state index is 0.570. The number of nitrogens with zero attached hydrogens (tertiary/aromatic N) is 2. The van der Waals surface area contributed by atoms with E-state index in [4.69, 9.17) is 5.73 Å². The van der Waals surface area contributed by atoms with E-state index in [1.165, 1.54) is 32.0 Å². The highest BCUT2D eigenvalue weighted by Crippen LogP contribution is 2.23. The Balaban J connectivity index is 2.11. The monoisotopic (exact) mass is 192 g/mol. The van der Waals surface area contributed by atoms with E-state index in [9.17, 15) is 0 Å². The van der Waals surface area contributed by atoms with Gasteiger partial charge in [0.2, 0.25) is 0 Å². The van der Waals surface area contributed by atoms with Gasteiger partial charge >= 0.3 is 0 Å². The number of anilines is 2. The molecule has 3 N–H and O–H groups in total. The SMILES string of the molecule is Cc1c(N)ncnc1NC1CCCC1. The minimum atomic E-state index is 0.570. The lowest BCUT2D eigenvalue weighted by molar-refractivity contribution is 0.748. The van der Waals surface area contributed by atoms with Gasteiger partial charge in [-0.25, -0.2) is 9.97 Å². The van der Waals surface area contributed by atoms with E-state index in [1.54, 1.807) is 0 Å². The molecule has 14 heavy (non-hydrogen) atoms. The van der Waals surface area contributed by atoms with Crippen LogP contribution >= 0.6 is 0 Å². The summed E-state index contributed by atoms with van der Waals surface area (Å²) in [6.07, 6.45) is 6.63. The molecule has 4 heteroatoms. The summed E-state index contributed by atoms with van der Waals surface area (Å²) < 4.78 is 0. The molecule has 0 bridgehead atoms. The zero-order chi connectivity index (χ0) is 9.97. The first-order valence-corrected chi connectivity index (χ1v) is 5.11. The smallest absolute Gasteiger partial charge is 0.134 e. The molecule has 0 aliphatic heterocycles. The van der Waals surface area contributed by atoms with Crippen LogP contribution in [-0.2, 0) is 0 Å². The summed E-state index contributed by atoms with van der Waals surface area (Å²) in [5, 5.41) is 3.42. The van der Waals surface area contributed by atoms with Gasteiger partial charge in [0.05, 0.1) is 0 Å². The number of hydrogen-bond donors (Lipinski definition) is 2. The molecule has 1 aromatic heterocycles. The van der Waals surface area contributed by atoms with E-state index in [-0.39, 0.29) is 0 Å². The van der Waals surface area contributed by atoms with Crippen LogP contribution in [0.25, 0.3) is 0 Å². The maximum atomic E-state index is 5.70. The summed E-state index contributed by atoms with van der Waals surface area (Å²) in [4.78, 5) is 8.14. The average molecular weight is 192 g/mol. The van der Waals surface area contributed by atoms with E-state index in [2.05, 4.69) is 15.3 Å². The van der Waals surface area contributed by atoms with Gasteiger partial charge in [0.15, 0.2) is 0 Å². The molecule has 1 saturated carbocycles. The number of nitrogen functional groups attached to an aromatic ring is 1. The van der Waals surface area contributed by atoms with Crippen LogP contribution in [0.4, 0.5) is 11.6 Å². The molecule has 0 amide bonds. The fraction of sp³-hybridized carbons (Fsp3) is 0.600. The Morgan fingerprint density at radius 3 is 2.79 bits per heavy atom. The zero-order valence-corrected chi connectivity index (χ0v) is 8.45. The van der Waals surface area contributed by atoms with Gasteiger partial charge in [-0.05, 0) is 19.8 Å². The summed E-state index contributed by atoms with van der Waals surface area (Å²) in [6.45, 7) is 1.95. The van der Waals surface area contributed by atoms with Crippen molar-refractivity contribution >= 4 is 11.6 Å². The van der Waals surface area contributed by atoms with Gasteiger partial charge in [-0.2, -0.15) is 0 Å². The fourth-order valence-electron chi connectivity index (χ4n) is 1.87. The van der Waals surface area contributed by atoms with Crippen molar-refractivity contribution in [2.24, 2.45) is 0 Å². The van der Waals surface area contributed by atoms with Crippen molar-refractivity contribution in [3.8, 4) is 0 Å². The van der Waals surface area contributed by atoms with E-state index in [1.807, 2.05) is 6.92 Å². The van der Waals surface area contributed by atoms with E-state index in [0.29, 0.717) is 11.9 Å². The van der Waals surface area contributed by atoms with Crippen molar-refractivity contribution in [3.05, 3.63) is 11.9 Å². The molecule has 2 rings (SSSR count). The molecule has 0 saturated heterocycles. The van der Waals surface area contributed by atoms with E-state index in [0.717, 1.165) is 11.4 Å². The molecule has 0 unspecified atom stereocenters. The maximum Gasteiger partial charge on any atom is 0.134 e. The predicted octanol–water partition coefficient (Wildman–Crippen LogP) is 1.72. The van der Waals surface area contributed by atoms with Crippen molar-refractivity contribution in [2.45, 2.75) is 38.6 Å². The second-order valence-corrected chi connectivity index (χ2v) is 3.86. The van der Waals surface area contributed by atoms with Crippen LogP contribution < -0.4 is 11.1 Å². The number of aromatic nitrogens is 2. The highest BCUT2D eigenvalue weighted by Gasteiger charge is 2.16. The standard InChI is InChI=1S/C10H16N4/c1-7-9(11)12-6-13-10(7)14-8-4-2-3-5-8/h6,8H,2-5H2,1H3,(H3,11,12,13,14). The van der Waals surface area contributed by atoms with Crippen LogP contribution in [0.2, 0.25) is 0 Å². The molecule has 4 nitrogen and oxygen atoms in total. The first-order chi connectivity index (χ1) is 6.77. The van der Waals surface area contributed by atoms with Crippen LogP contribution in [-0.4, -0.2) is 16.0 Å². The van der Waals surface area contributed by atoms with Gasteiger partial charge in [0, 0.05) is 11.6 Å². The average Bonchev–Trinajstić information content (AvgIpc) is 2.66. The second-order valence-electron chi connectivity index (χ2n) is 3.86. The van der Waals surface area contributed by atoms with Gasteiger partial charge in [-0.3, -0.25) is 0 Å². The van der Waals surface area contributed by atoms with Crippen LogP contribution in [0.5, 0.6) is 0 Å². The normalized spacial score (nSPS) is 17.2. The molecule has 1 heterocycles. The van der Waals surface area contributed by atoms with E-state index >= 15 is 0 Å². The Bertz CT molecular complexity index is 318. The lowest BCUT2D eigenvalue weighted by Crippen LogP contribution is -2.17. The van der Waals surface area contributed by atoms with Gasteiger partial charge < -0.3 is 11.1 Å². The number of nitrogens with one attached hydrogen (secondary N) is 1. The third kappa shape index (κ3) is 1.78. The Morgan fingerprint density at radius 2 is 2.07 bits per heavy atom. The van der Waals surface area contributed by atoms with Gasteiger partial charge in [-0.1, -0.05) is 12.8 Å². The van der Waals surface area contributed by atoms with Crippen molar-refractivity contribution in [1.82, 2.24) is 9.97 Å². The highest BCUT2D eigenvalue weighted by atomic mass is 15.1. The Morgan fingerprint density at radius 1 is 1.36 bits per heavy atom. The molecule has 1 aliphatic rings. The van der Waals surface area contributed by atoms with Gasteiger partial charge in [-0.15, -0.1) is 0 Å². The van der Waals surface area contributed by atoms with Crippen LogP contribution in [0.3, 0.4) is 0 Å². The third-order valence-electron chi connectivity index (χ3n) is 2.82. The zero-order valence-electron chi connectivity index (χ0n) is 8.45. The van der Waals surface area contributed by atoms with Crippen LogP contribution in [0, 0.1) is 6.92 Å². The molecular weight excluding hydrogens is 176 g/mol. The molecule has 1 fully saturated rings. The van der Waals surface area contributed by atoms with Crippen LogP contribution in [0.1, 0.15) is 31.2 Å².